The van der Waals surface area contributed by atoms with Crippen LogP contribution in [-0.2, 0) is 0 Å². The summed E-state index contributed by atoms with van der Waals surface area (Å²) >= 11 is 0. The maximum atomic E-state index is 3.77. The average Bonchev–Trinajstić information content (AvgIpc) is 2.44. The molecule has 0 aromatic heterocycles. The lowest BCUT2D eigenvalue weighted by Crippen LogP contribution is -2.41. The van der Waals surface area contributed by atoms with Crippen molar-refractivity contribution in [1.82, 2.24) is 5.32 Å². The van der Waals surface area contributed by atoms with Crippen molar-refractivity contribution in [2.75, 3.05) is 0 Å². The molecule has 21 heavy (non-hydrogen) atoms. The second-order valence-corrected chi connectivity index (χ2v) is 6.52. The van der Waals surface area contributed by atoms with Crippen LogP contribution in [-0.4, -0.2) is 6.04 Å². The first kappa shape index (κ1) is 14.3. The van der Waals surface area contributed by atoms with Gasteiger partial charge in [0.25, 0.3) is 0 Å². The van der Waals surface area contributed by atoms with E-state index < -0.39 is 0 Å². The van der Waals surface area contributed by atoms with Crippen molar-refractivity contribution < 1.29 is 0 Å². The van der Waals surface area contributed by atoms with Gasteiger partial charge in [0.15, 0.2) is 0 Å². The highest BCUT2D eigenvalue weighted by Gasteiger charge is 2.31. The topological polar surface area (TPSA) is 12.0 Å². The summed E-state index contributed by atoms with van der Waals surface area (Å²) in [5, 5.41) is 3.77. The number of benzene rings is 2. The Morgan fingerprint density at radius 3 is 2.29 bits per heavy atom. The normalized spacial score (nSPS) is 22.6. The lowest BCUT2D eigenvalue weighted by Gasteiger charge is -2.39. The largest absolute Gasteiger partial charge is 0.307 e. The third-order valence-electron chi connectivity index (χ3n) is 4.83. The van der Waals surface area contributed by atoms with Gasteiger partial charge < -0.3 is 5.32 Å². The van der Waals surface area contributed by atoms with Crippen LogP contribution < -0.4 is 5.32 Å². The molecular formula is C20H25N. The molecule has 0 unspecified atom stereocenters. The van der Waals surface area contributed by atoms with Crippen LogP contribution in [0.4, 0.5) is 0 Å². The van der Waals surface area contributed by atoms with E-state index in [0.29, 0.717) is 12.1 Å². The lowest BCUT2D eigenvalue weighted by molar-refractivity contribution is 0.270. The number of hydrogen-bond donors (Lipinski definition) is 1. The van der Waals surface area contributed by atoms with Gasteiger partial charge in [-0.2, -0.15) is 0 Å². The number of rotatable bonds is 4. The molecule has 0 radical (unpaired) electrons. The highest BCUT2D eigenvalue weighted by atomic mass is 15.0. The van der Waals surface area contributed by atoms with Gasteiger partial charge in [-0.1, -0.05) is 54.1 Å². The summed E-state index contributed by atoms with van der Waals surface area (Å²) in [7, 11) is 0. The Kier molecular flexibility index (Phi) is 4.12. The van der Waals surface area contributed by atoms with Gasteiger partial charge in [-0.15, -0.1) is 0 Å². The molecule has 1 N–H and O–H groups in total. The van der Waals surface area contributed by atoms with Crippen molar-refractivity contribution in [3.05, 3.63) is 70.8 Å². The Morgan fingerprint density at radius 1 is 0.952 bits per heavy atom. The first-order chi connectivity index (χ1) is 10.1. The van der Waals surface area contributed by atoms with E-state index in [1.807, 2.05) is 0 Å². The fourth-order valence-electron chi connectivity index (χ4n) is 3.36. The monoisotopic (exact) mass is 279 g/mol. The zero-order valence-corrected chi connectivity index (χ0v) is 13.3. The molecule has 1 atom stereocenters. The predicted octanol–water partition coefficient (Wildman–Crippen LogP) is 4.90. The van der Waals surface area contributed by atoms with Crippen molar-refractivity contribution in [2.45, 2.75) is 51.6 Å². The Morgan fingerprint density at radius 2 is 1.62 bits per heavy atom. The molecule has 1 heteroatoms. The molecule has 3 rings (SSSR count). The van der Waals surface area contributed by atoms with Gasteiger partial charge in [-0.05, 0) is 56.2 Å². The van der Waals surface area contributed by atoms with Gasteiger partial charge >= 0.3 is 0 Å². The highest BCUT2D eigenvalue weighted by Crippen LogP contribution is 2.39. The minimum Gasteiger partial charge on any atom is -0.307 e. The molecule has 1 aliphatic carbocycles. The van der Waals surface area contributed by atoms with E-state index in [1.54, 1.807) is 5.56 Å². The van der Waals surface area contributed by atoms with E-state index in [4.69, 9.17) is 0 Å². The third kappa shape index (κ3) is 3.19. The van der Waals surface area contributed by atoms with Crippen LogP contribution >= 0.6 is 0 Å². The molecule has 110 valence electrons. The van der Waals surface area contributed by atoms with Gasteiger partial charge in [0, 0.05) is 12.1 Å². The van der Waals surface area contributed by atoms with E-state index in [9.17, 15) is 0 Å². The molecule has 0 heterocycles. The Balaban J connectivity index is 1.55. The number of hydrogen-bond acceptors (Lipinski definition) is 1. The van der Waals surface area contributed by atoms with Crippen LogP contribution in [0.1, 0.15) is 54.0 Å². The van der Waals surface area contributed by atoms with Gasteiger partial charge in [0.05, 0.1) is 0 Å². The zero-order valence-electron chi connectivity index (χ0n) is 13.3. The average molecular weight is 279 g/mol. The maximum absolute atomic E-state index is 3.77. The molecule has 0 aliphatic heterocycles. The highest BCUT2D eigenvalue weighted by molar-refractivity contribution is 5.31. The van der Waals surface area contributed by atoms with E-state index in [0.717, 1.165) is 5.92 Å². The minimum absolute atomic E-state index is 0.438. The summed E-state index contributed by atoms with van der Waals surface area (Å²) < 4.78 is 0. The molecule has 1 nitrogen and oxygen atoms in total. The second-order valence-electron chi connectivity index (χ2n) is 6.52. The summed E-state index contributed by atoms with van der Waals surface area (Å²) in [4.78, 5) is 0. The first-order valence-corrected chi connectivity index (χ1v) is 8.01. The Hall–Kier alpha value is -1.60. The van der Waals surface area contributed by atoms with Crippen LogP contribution in [0.25, 0.3) is 0 Å². The smallest absolute Gasteiger partial charge is 0.0294 e. The second kappa shape index (κ2) is 6.03. The van der Waals surface area contributed by atoms with Crippen molar-refractivity contribution in [1.29, 1.82) is 0 Å². The van der Waals surface area contributed by atoms with E-state index in [-0.39, 0.29) is 0 Å². The molecule has 1 aliphatic rings. The molecule has 1 saturated carbocycles. The van der Waals surface area contributed by atoms with Crippen LogP contribution in [0.3, 0.4) is 0 Å². The Bertz CT molecular complexity index is 593. The summed E-state index contributed by atoms with van der Waals surface area (Å²) in [6, 6.07) is 18.8. The van der Waals surface area contributed by atoms with E-state index >= 15 is 0 Å². The lowest BCUT2D eigenvalue weighted by atomic mass is 9.74. The van der Waals surface area contributed by atoms with Crippen LogP contribution in [0, 0.1) is 13.8 Å². The molecule has 0 saturated heterocycles. The molecule has 0 spiro atoms. The minimum atomic E-state index is 0.438. The van der Waals surface area contributed by atoms with E-state index in [2.05, 4.69) is 74.6 Å². The van der Waals surface area contributed by atoms with Crippen LogP contribution in [0.2, 0.25) is 0 Å². The first-order valence-electron chi connectivity index (χ1n) is 8.01. The SMILES string of the molecule is Cc1ccc([C@@H](C)NC2CC(c3ccccc3C)C2)cc1. The van der Waals surface area contributed by atoms with Gasteiger partial charge in [-0.3, -0.25) is 0 Å². The van der Waals surface area contributed by atoms with Crippen molar-refractivity contribution in [3.8, 4) is 0 Å². The molecule has 2 aromatic rings. The summed E-state index contributed by atoms with van der Waals surface area (Å²) in [5.74, 6) is 0.744. The third-order valence-corrected chi connectivity index (χ3v) is 4.83. The van der Waals surface area contributed by atoms with Gasteiger partial charge in [0.1, 0.15) is 0 Å². The zero-order chi connectivity index (χ0) is 14.8. The summed E-state index contributed by atoms with van der Waals surface area (Å²) in [6.07, 6.45) is 2.53. The number of aryl methyl sites for hydroxylation is 2. The van der Waals surface area contributed by atoms with E-state index in [1.165, 1.54) is 29.5 Å². The fourth-order valence-corrected chi connectivity index (χ4v) is 3.36. The molecule has 0 amide bonds. The summed E-state index contributed by atoms with van der Waals surface area (Å²) in [6.45, 7) is 6.64. The molecule has 0 bridgehead atoms. The van der Waals surface area contributed by atoms with Crippen molar-refractivity contribution >= 4 is 0 Å². The fraction of sp³-hybridized carbons (Fsp3) is 0.400. The maximum Gasteiger partial charge on any atom is 0.0294 e. The molecule has 1 fully saturated rings. The quantitative estimate of drug-likeness (QED) is 0.839. The summed E-state index contributed by atoms with van der Waals surface area (Å²) in [5.41, 5.74) is 5.69. The Labute approximate surface area is 128 Å². The predicted molar refractivity (Wildman–Crippen MR) is 89.7 cm³/mol. The number of nitrogens with one attached hydrogen (secondary N) is 1. The standard InChI is InChI=1S/C20H25N/c1-14-8-10-17(11-9-14)16(3)21-19-12-18(13-19)20-7-5-4-6-15(20)2/h4-11,16,18-19,21H,12-13H2,1-3H3/t16-,18?,19?/m1/s1. The van der Waals surface area contributed by atoms with Crippen molar-refractivity contribution in [2.24, 2.45) is 0 Å². The molecule has 2 aromatic carbocycles. The van der Waals surface area contributed by atoms with Gasteiger partial charge in [0.2, 0.25) is 0 Å². The molecular weight excluding hydrogens is 254 g/mol. The van der Waals surface area contributed by atoms with Crippen LogP contribution in [0.5, 0.6) is 0 Å². The van der Waals surface area contributed by atoms with Crippen molar-refractivity contribution in [3.63, 3.8) is 0 Å². The van der Waals surface area contributed by atoms with Gasteiger partial charge in [-0.25, -0.2) is 0 Å². The van der Waals surface area contributed by atoms with Crippen LogP contribution in [0.15, 0.2) is 48.5 Å².